The first-order valence-corrected chi connectivity index (χ1v) is 11.9. The van der Waals surface area contributed by atoms with Crippen molar-refractivity contribution in [3.63, 3.8) is 0 Å². The molecule has 1 amide bonds. The zero-order valence-electron chi connectivity index (χ0n) is 18.2. The van der Waals surface area contributed by atoms with Gasteiger partial charge < -0.3 is 4.43 Å². The molecule has 29 heavy (non-hydrogen) atoms. The summed E-state index contributed by atoms with van der Waals surface area (Å²) in [5.41, 5.74) is 0. The molecule has 2 aromatic rings. The smallest absolute Gasteiger partial charge is 0.261 e. The van der Waals surface area contributed by atoms with Crippen LogP contribution in [-0.2, 0) is 14.1 Å². The van der Waals surface area contributed by atoms with Crippen molar-refractivity contribution in [1.82, 2.24) is 5.06 Å². The Balaban J connectivity index is 2.59. The molecule has 0 aliphatic heterocycles. The van der Waals surface area contributed by atoms with Crippen LogP contribution in [0, 0.1) is 0 Å². The standard InChI is InChI=1S/C24H33NO3Si/c1-7-14-20(19-23(26)25(5)27-6)28-29(24(2,3)4,21-15-10-8-11-16-21)22-17-12-9-13-18-22/h7-13,15-18,20H,1,14,19H2,2-6H3/t20-/m0/s1. The number of carbonyl (C=O) groups is 1. The van der Waals surface area contributed by atoms with E-state index in [0.717, 1.165) is 0 Å². The molecular formula is C24H33NO3Si. The molecule has 156 valence electrons. The van der Waals surface area contributed by atoms with Crippen molar-refractivity contribution in [2.24, 2.45) is 0 Å². The van der Waals surface area contributed by atoms with E-state index in [1.54, 1.807) is 7.05 Å². The lowest BCUT2D eigenvalue weighted by Gasteiger charge is -2.45. The SMILES string of the molecule is C=CC[C@@H](CC(=O)N(C)OC)O[Si](c1ccccc1)(c1ccccc1)C(C)(C)C. The number of amides is 1. The van der Waals surface area contributed by atoms with Gasteiger partial charge in [-0.25, -0.2) is 5.06 Å². The van der Waals surface area contributed by atoms with E-state index in [2.05, 4.69) is 75.9 Å². The second kappa shape index (κ2) is 10.0. The van der Waals surface area contributed by atoms with E-state index < -0.39 is 8.32 Å². The molecule has 0 saturated carbocycles. The molecule has 0 spiro atoms. The molecule has 0 saturated heterocycles. The highest BCUT2D eigenvalue weighted by atomic mass is 28.4. The quantitative estimate of drug-likeness (QED) is 0.357. The zero-order valence-corrected chi connectivity index (χ0v) is 19.2. The van der Waals surface area contributed by atoms with Gasteiger partial charge in [0.1, 0.15) is 0 Å². The van der Waals surface area contributed by atoms with Crippen LogP contribution in [0.3, 0.4) is 0 Å². The number of benzene rings is 2. The Morgan fingerprint density at radius 2 is 1.55 bits per heavy atom. The average molecular weight is 412 g/mol. The maximum Gasteiger partial charge on any atom is 0.261 e. The number of carbonyl (C=O) groups excluding carboxylic acids is 1. The normalized spacial score (nSPS) is 13.0. The summed E-state index contributed by atoms with van der Waals surface area (Å²) in [5, 5.41) is 3.50. The molecule has 0 radical (unpaired) electrons. The first-order valence-electron chi connectivity index (χ1n) is 9.96. The molecule has 0 N–H and O–H groups in total. The highest BCUT2D eigenvalue weighted by molar-refractivity contribution is 6.99. The van der Waals surface area contributed by atoms with Crippen LogP contribution in [0.4, 0.5) is 0 Å². The first kappa shape index (κ1) is 23.1. The summed E-state index contributed by atoms with van der Waals surface area (Å²) in [5.74, 6) is -0.114. The Kier molecular flexibility index (Phi) is 7.96. The second-order valence-corrected chi connectivity index (χ2v) is 12.5. The summed E-state index contributed by atoms with van der Waals surface area (Å²) < 4.78 is 7.05. The Bertz CT molecular complexity index is 747. The van der Waals surface area contributed by atoms with Gasteiger partial charge >= 0.3 is 0 Å². The molecular weight excluding hydrogens is 378 g/mol. The summed E-state index contributed by atoms with van der Waals surface area (Å²) in [7, 11) is 0.390. The highest BCUT2D eigenvalue weighted by Gasteiger charge is 2.51. The Labute approximate surface area is 176 Å². The molecule has 5 heteroatoms. The van der Waals surface area contributed by atoms with Crippen molar-refractivity contribution in [2.75, 3.05) is 14.2 Å². The molecule has 0 unspecified atom stereocenters. The fraction of sp³-hybridized carbons (Fsp3) is 0.375. The van der Waals surface area contributed by atoms with Gasteiger partial charge in [-0.2, -0.15) is 0 Å². The number of hydroxylamine groups is 2. The number of hydrogen-bond acceptors (Lipinski definition) is 3. The van der Waals surface area contributed by atoms with Gasteiger partial charge in [0.05, 0.1) is 19.6 Å². The Hall–Kier alpha value is -2.21. The van der Waals surface area contributed by atoms with Crippen molar-refractivity contribution in [2.45, 2.75) is 44.8 Å². The summed E-state index contributed by atoms with van der Waals surface area (Å²) in [6, 6.07) is 20.9. The van der Waals surface area contributed by atoms with Gasteiger partial charge in [-0.1, -0.05) is 87.5 Å². The molecule has 0 fully saturated rings. The fourth-order valence-electron chi connectivity index (χ4n) is 3.73. The number of nitrogens with zero attached hydrogens (tertiary/aromatic N) is 1. The van der Waals surface area contributed by atoms with E-state index in [-0.39, 0.29) is 23.5 Å². The van der Waals surface area contributed by atoms with Crippen molar-refractivity contribution in [3.05, 3.63) is 73.3 Å². The Morgan fingerprint density at radius 3 is 1.93 bits per heavy atom. The van der Waals surface area contributed by atoms with E-state index in [0.29, 0.717) is 6.42 Å². The predicted molar refractivity (Wildman–Crippen MR) is 122 cm³/mol. The molecule has 0 aliphatic carbocycles. The minimum absolute atomic E-state index is 0.114. The molecule has 2 rings (SSSR count). The summed E-state index contributed by atoms with van der Waals surface area (Å²) in [6.07, 6.45) is 2.36. The lowest BCUT2D eigenvalue weighted by Crippen LogP contribution is -2.67. The maximum atomic E-state index is 12.6. The van der Waals surface area contributed by atoms with E-state index >= 15 is 0 Å². The van der Waals surface area contributed by atoms with Crippen LogP contribution >= 0.6 is 0 Å². The third kappa shape index (κ3) is 5.24. The van der Waals surface area contributed by atoms with Crippen molar-refractivity contribution in [1.29, 1.82) is 0 Å². The van der Waals surface area contributed by atoms with E-state index in [9.17, 15) is 4.79 Å². The van der Waals surface area contributed by atoms with Crippen LogP contribution in [0.5, 0.6) is 0 Å². The van der Waals surface area contributed by atoms with Crippen LogP contribution in [-0.4, -0.2) is 39.5 Å². The monoisotopic (exact) mass is 411 g/mol. The minimum atomic E-state index is -2.72. The maximum absolute atomic E-state index is 12.6. The lowest BCUT2D eigenvalue weighted by molar-refractivity contribution is -0.170. The molecule has 1 atom stereocenters. The summed E-state index contributed by atoms with van der Waals surface area (Å²) >= 11 is 0. The molecule has 4 nitrogen and oxygen atoms in total. The highest BCUT2D eigenvalue weighted by Crippen LogP contribution is 2.38. The first-order chi connectivity index (χ1) is 13.8. The van der Waals surface area contributed by atoms with E-state index in [1.807, 2.05) is 18.2 Å². The van der Waals surface area contributed by atoms with Crippen LogP contribution in [0.1, 0.15) is 33.6 Å². The van der Waals surface area contributed by atoms with Gasteiger partial charge in [-0.15, -0.1) is 6.58 Å². The summed E-state index contributed by atoms with van der Waals surface area (Å²) in [6.45, 7) is 10.6. The lowest BCUT2D eigenvalue weighted by atomic mass is 10.2. The van der Waals surface area contributed by atoms with Crippen LogP contribution in [0.2, 0.25) is 5.04 Å². The largest absolute Gasteiger partial charge is 0.404 e. The average Bonchev–Trinajstić information content (AvgIpc) is 2.71. The van der Waals surface area contributed by atoms with Crippen LogP contribution < -0.4 is 10.4 Å². The topological polar surface area (TPSA) is 38.8 Å². The molecule has 0 aliphatic rings. The second-order valence-electron chi connectivity index (χ2n) is 8.21. The van der Waals surface area contributed by atoms with Crippen molar-refractivity contribution < 1.29 is 14.1 Å². The van der Waals surface area contributed by atoms with Crippen LogP contribution in [0.15, 0.2) is 73.3 Å². The number of hydrogen-bond donors (Lipinski definition) is 0. The third-order valence-corrected chi connectivity index (χ3v) is 10.3. The predicted octanol–water partition coefficient (Wildman–Crippen LogP) is 3.92. The third-order valence-electron chi connectivity index (χ3n) is 5.22. The molecule has 0 aromatic heterocycles. The fourth-order valence-corrected chi connectivity index (χ4v) is 8.42. The van der Waals surface area contributed by atoms with Crippen molar-refractivity contribution >= 4 is 24.6 Å². The number of rotatable bonds is 9. The minimum Gasteiger partial charge on any atom is -0.404 e. The van der Waals surface area contributed by atoms with Gasteiger partial charge in [0, 0.05) is 7.05 Å². The van der Waals surface area contributed by atoms with Crippen molar-refractivity contribution in [3.8, 4) is 0 Å². The van der Waals surface area contributed by atoms with Gasteiger partial charge in [-0.3, -0.25) is 9.63 Å². The molecule has 0 heterocycles. The van der Waals surface area contributed by atoms with Gasteiger partial charge in [-0.05, 0) is 21.8 Å². The molecule has 2 aromatic carbocycles. The molecule has 0 bridgehead atoms. The van der Waals surface area contributed by atoms with Gasteiger partial charge in [0.15, 0.2) is 0 Å². The summed E-state index contributed by atoms with van der Waals surface area (Å²) in [4.78, 5) is 17.6. The van der Waals surface area contributed by atoms with Crippen LogP contribution in [0.25, 0.3) is 0 Å². The van der Waals surface area contributed by atoms with E-state index in [4.69, 9.17) is 9.26 Å². The van der Waals surface area contributed by atoms with Gasteiger partial charge in [0.2, 0.25) is 5.91 Å². The Morgan fingerprint density at radius 1 is 1.07 bits per heavy atom. The van der Waals surface area contributed by atoms with Gasteiger partial charge in [0.25, 0.3) is 8.32 Å². The zero-order chi connectivity index (χ0) is 21.5. The van der Waals surface area contributed by atoms with E-state index in [1.165, 1.54) is 22.5 Å².